The summed E-state index contributed by atoms with van der Waals surface area (Å²) in [6.07, 6.45) is -1.00. The van der Waals surface area contributed by atoms with Crippen LogP contribution in [0.3, 0.4) is 0 Å². The summed E-state index contributed by atoms with van der Waals surface area (Å²) in [5.41, 5.74) is 5.75. The molecular weight excluding hydrogens is 120 g/mol. The predicted molar refractivity (Wildman–Crippen MR) is 31.3 cm³/mol. The number of ketones is 1. The van der Waals surface area contributed by atoms with Gasteiger partial charge in [-0.2, -0.15) is 0 Å². The van der Waals surface area contributed by atoms with Gasteiger partial charge in [0.05, 0.1) is 5.70 Å². The number of aliphatic hydroxyl groups is 1. The first-order valence-corrected chi connectivity index (χ1v) is 2.58. The summed E-state index contributed by atoms with van der Waals surface area (Å²) in [6.45, 7) is 0. The number of likely N-dealkylation sites (N-methyl/N-ethyl adjacent to an activating group) is 1. The number of aliphatic hydroxyl groups excluding tert-OH is 1. The van der Waals surface area contributed by atoms with E-state index in [0.717, 1.165) is 0 Å². The molecule has 0 spiro atoms. The van der Waals surface area contributed by atoms with Crippen LogP contribution in [0.2, 0.25) is 0 Å². The Labute approximate surface area is 52.3 Å². The molecule has 0 radical (unpaired) electrons. The van der Waals surface area contributed by atoms with E-state index in [-0.39, 0.29) is 11.5 Å². The Morgan fingerprint density at radius 1 is 1.78 bits per heavy atom. The van der Waals surface area contributed by atoms with Gasteiger partial charge < -0.3 is 16.2 Å². The van der Waals surface area contributed by atoms with Gasteiger partial charge in [0.2, 0.25) is 5.78 Å². The maximum atomic E-state index is 10.5. The molecule has 4 nitrogen and oxygen atoms in total. The Hall–Kier alpha value is -1.03. The van der Waals surface area contributed by atoms with E-state index in [1.165, 1.54) is 0 Å². The predicted octanol–water partition coefficient (Wildman–Crippen LogP) is -1.68. The maximum Gasteiger partial charge on any atom is 0.214 e. The van der Waals surface area contributed by atoms with Crippen molar-refractivity contribution in [2.45, 2.75) is 6.10 Å². The maximum absolute atomic E-state index is 10.5. The molecule has 0 aromatic heterocycles. The fourth-order valence-electron chi connectivity index (χ4n) is 0.752. The second-order valence-corrected chi connectivity index (χ2v) is 1.84. The van der Waals surface area contributed by atoms with Gasteiger partial charge in [0, 0.05) is 7.05 Å². The number of hydrogen-bond donors (Lipinski definition) is 3. The van der Waals surface area contributed by atoms with Crippen LogP contribution in [-0.4, -0.2) is 24.0 Å². The first-order chi connectivity index (χ1) is 4.18. The van der Waals surface area contributed by atoms with E-state index in [9.17, 15) is 4.79 Å². The van der Waals surface area contributed by atoms with E-state index in [4.69, 9.17) is 10.8 Å². The summed E-state index contributed by atoms with van der Waals surface area (Å²) >= 11 is 0. The van der Waals surface area contributed by atoms with E-state index < -0.39 is 6.10 Å². The number of rotatable bonds is 1. The zero-order chi connectivity index (χ0) is 7.02. The van der Waals surface area contributed by atoms with Crippen LogP contribution in [0.25, 0.3) is 0 Å². The van der Waals surface area contributed by atoms with Crippen molar-refractivity contribution in [2.75, 3.05) is 7.05 Å². The van der Waals surface area contributed by atoms with Crippen LogP contribution in [0.5, 0.6) is 0 Å². The van der Waals surface area contributed by atoms with Gasteiger partial charge in [-0.25, -0.2) is 0 Å². The second-order valence-electron chi connectivity index (χ2n) is 1.84. The number of nitrogens with one attached hydrogen (secondary N) is 1. The largest absolute Gasteiger partial charge is 0.394 e. The molecule has 0 aromatic carbocycles. The second kappa shape index (κ2) is 1.73. The molecule has 0 amide bonds. The number of Topliss-reactive ketones (excluding diaryl/α,β-unsaturated/α-hetero) is 1. The molecule has 1 aliphatic carbocycles. The number of hydrogen-bond acceptors (Lipinski definition) is 4. The molecular formula is C5H8N2O2. The van der Waals surface area contributed by atoms with Crippen molar-refractivity contribution < 1.29 is 9.90 Å². The summed E-state index contributed by atoms with van der Waals surface area (Å²) in [7, 11) is 1.61. The lowest BCUT2D eigenvalue weighted by molar-refractivity contribution is -0.124. The molecule has 1 aliphatic rings. The van der Waals surface area contributed by atoms with E-state index in [1.807, 2.05) is 0 Å². The van der Waals surface area contributed by atoms with Crippen molar-refractivity contribution >= 4 is 5.78 Å². The Balaban J connectivity index is 2.83. The summed E-state index contributed by atoms with van der Waals surface area (Å²) in [5, 5.41) is 11.4. The Kier molecular flexibility index (Phi) is 1.17. The molecule has 1 unspecified atom stereocenters. The number of nitrogens with two attached hydrogens (primary N) is 1. The Morgan fingerprint density at radius 3 is 2.56 bits per heavy atom. The minimum absolute atomic E-state index is 0.144. The molecule has 0 saturated heterocycles. The summed E-state index contributed by atoms with van der Waals surface area (Å²) in [5.74, 6) is -0.389. The third-order valence-electron chi connectivity index (χ3n) is 1.35. The summed E-state index contributed by atoms with van der Waals surface area (Å²) < 4.78 is 0. The molecule has 0 saturated carbocycles. The van der Waals surface area contributed by atoms with Crippen molar-refractivity contribution in [1.29, 1.82) is 0 Å². The molecule has 1 atom stereocenters. The molecule has 0 fully saturated rings. The highest BCUT2D eigenvalue weighted by Crippen LogP contribution is 2.16. The third kappa shape index (κ3) is 0.598. The molecule has 0 aromatic rings. The van der Waals surface area contributed by atoms with Crippen molar-refractivity contribution in [3.63, 3.8) is 0 Å². The van der Waals surface area contributed by atoms with Crippen LogP contribution in [0, 0.1) is 0 Å². The van der Waals surface area contributed by atoms with Gasteiger partial charge in [-0.05, 0) is 0 Å². The molecule has 4 N–H and O–H groups in total. The Morgan fingerprint density at radius 2 is 2.33 bits per heavy atom. The number of carbonyl (C=O) groups excluding carboxylic acids is 1. The van der Waals surface area contributed by atoms with Crippen LogP contribution < -0.4 is 11.1 Å². The summed E-state index contributed by atoms with van der Waals surface area (Å²) in [6, 6.07) is 0. The minimum atomic E-state index is -1.00. The smallest absolute Gasteiger partial charge is 0.214 e. The average Bonchev–Trinajstić information content (AvgIpc) is 1.89. The van der Waals surface area contributed by atoms with E-state index in [2.05, 4.69) is 5.32 Å². The molecule has 50 valence electrons. The lowest BCUT2D eigenvalue weighted by Gasteiger charge is -2.24. The first kappa shape index (κ1) is 6.10. The van der Waals surface area contributed by atoms with Gasteiger partial charge in [0.1, 0.15) is 5.70 Å². The lowest BCUT2D eigenvalue weighted by Crippen LogP contribution is -2.45. The third-order valence-corrected chi connectivity index (χ3v) is 1.35. The van der Waals surface area contributed by atoms with Gasteiger partial charge in [-0.1, -0.05) is 0 Å². The SMILES string of the molecule is CNC1=C(N)C(=O)C1O. The zero-order valence-corrected chi connectivity index (χ0v) is 5.01. The van der Waals surface area contributed by atoms with Crippen LogP contribution in [-0.2, 0) is 4.79 Å². The highest BCUT2D eigenvalue weighted by atomic mass is 16.3. The van der Waals surface area contributed by atoms with Crippen LogP contribution >= 0.6 is 0 Å². The van der Waals surface area contributed by atoms with E-state index in [0.29, 0.717) is 5.70 Å². The van der Waals surface area contributed by atoms with Gasteiger partial charge in [-0.15, -0.1) is 0 Å². The normalized spacial score (nSPS) is 26.0. The van der Waals surface area contributed by atoms with Crippen molar-refractivity contribution in [1.82, 2.24) is 5.32 Å². The molecule has 0 aliphatic heterocycles. The highest BCUT2D eigenvalue weighted by molar-refractivity contribution is 6.07. The molecule has 9 heavy (non-hydrogen) atoms. The number of carbonyl (C=O) groups is 1. The topological polar surface area (TPSA) is 75.3 Å². The summed E-state index contributed by atoms with van der Waals surface area (Å²) in [4.78, 5) is 10.5. The van der Waals surface area contributed by atoms with Crippen molar-refractivity contribution in [3.8, 4) is 0 Å². The van der Waals surface area contributed by atoms with Crippen LogP contribution in [0.1, 0.15) is 0 Å². The minimum Gasteiger partial charge on any atom is -0.394 e. The quantitative estimate of drug-likeness (QED) is 0.394. The average molecular weight is 128 g/mol. The standard InChI is InChI=1S/C5H8N2O2/c1-7-3-2(6)4(8)5(3)9/h5,7,9H,6H2,1H3. The first-order valence-electron chi connectivity index (χ1n) is 2.58. The fourth-order valence-corrected chi connectivity index (χ4v) is 0.752. The van der Waals surface area contributed by atoms with E-state index in [1.54, 1.807) is 7.05 Å². The van der Waals surface area contributed by atoms with Gasteiger partial charge in [0.25, 0.3) is 0 Å². The van der Waals surface area contributed by atoms with Crippen molar-refractivity contribution in [3.05, 3.63) is 11.4 Å². The van der Waals surface area contributed by atoms with E-state index >= 15 is 0 Å². The Bertz CT molecular complexity index is 185. The fraction of sp³-hybridized carbons (Fsp3) is 0.400. The highest BCUT2D eigenvalue weighted by Gasteiger charge is 2.34. The van der Waals surface area contributed by atoms with Gasteiger partial charge in [-0.3, -0.25) is 4.79 Å². The van der Waals surface area contributed by atoms with Crippen molar-refractivity contribution in [2.24, 2.45) is 5.73 Å². The monoisotopic (exact) mass is 128 g/mol. The zero-order valence-electron chi connectivity index (χ0n) is 5.01. The lowest BCUT2D eigenvalue weighted by atomic mass is 9.96. The molecule has 4 heteroatoms. The van der Waals surface area contributed by atoms with Crippen LogP contribution in [0.15, 0.2) is 11.4 Å². The van der Waals surface area contributed by atoms with Gasteiger partial charge in [0.15, 0.2) is 6.10 Å². The van der Waals surface area contributed by atoms with Gasteiger partial charge >= 0.3 is 0 Å². The molecule has 0 heterocycles. The molecule has 1 rings (SSSR count). The van der Waals surface area contributed by atoms with Crippen LogP contribution in [0.4, 0.5) is 0 Å². The molecule has 0 bridgehead atoms.